The molecule has 0 radical (unpaired) electrons. The van der Waals surface area contributed by atoms with Gasteiger partial charge in [0.1, 0.15) is 11.2 Å². The zero-order valence-electron chi connectivity index (χ0n) is 28.1. The molecule has 10 aromatic rings. The molecule has 8 aromatic carbocycles. The number of benzene rings is 8. The molecule has 52 heavy (non-hydrogen) atoms. The monoisotopic (exact) mass is 662 g/mol. The normalized spacial score (nSPS) is 13.2. The summed E-state index contributed by atoms with van der Waals surface area (Å²) in [6.45, 7) is 0. The van der Waals surface area contributed by atoms with E-state index in [0.717, 1.165) is 66.3 Å². The highest BCUT2D eigenvalue weighted by molar-refractivity contribution is 6.06. The van der Waals surface area contributed by atoms with Gasteiger partial charge in [0.05, 0.1) is 27.8 Å². The second-order valence-electron chi connectivity index (χ2n) is 13.7. The first-order valence-electron chi connectivity index (χ1n) is 17.7. The Morgan fingerprint density at radius 3 is 1.79 bits per heavy atom. The highest BCUT2D eigenvalue weighted by Gasteiger charge is 2.46. The van der Waals surface area contributed by atoms with Gasteiger partial charge in [0.2, 0.25) is 0 Å². The predicted octanol–water partition coefficient (Wildman–Crippen LogP) is 12.4. The highest BCUT2D eigenvalue weighted by Crippen LogP contribution is 2.56. The highest BCUT2D eigenvalue weighted by atomic mass is 16.3. The molecule has 0 N–H and O–H groups in total. The first-order valence-corrected chi connectivity index (χ1v) is 17.7. The van der Waals surface area contributed by atoms with Crippen molar-refractivity contribution in [2.45, 2.75) is 5.41 Å². The minimum atomic E-state index is -0.563. The third kappa shape index (κ3) is 4.08. The molecule has 2 aromatic heterocycles. The van der Waals surface area contributed by atoms with Crippen LogP contribution in [0.2, 0.25) is 0 Å². The Morgan fingerprint density at radius 1 is 0.404 bits per heavy atom. The molecule has 0 saturated carbocycles. The predicted molar refractivity (Wildman–Crippen MR) is 212 cm³/mol. The lowest BCUT2D eigenvalue weighted by molar-refractivity contribution is 0.665. The number of aromatic nitrogens is 2. The number of para-hydroxylation sites is 1. The Kier molecular flexibility index (Phi) is 6.17. The average Bonchev–Trinajstić information content (AvgIpc) is 3.74. The number of hydrogen-bond acceptors (Lipinski definition) is 3. The molecular weight excluding hydrogens is 633 g/mol. The van der Waals surface area contributed by atoms with Gasteiger partial charge in [-0.1, -0.05) is 164 Å². The fourth-order valence-electron chi connectivity index (χ4n) is 8.65. The lowest BCUT2D eigenvalue weighted by Gasteiger charge is -2.34. The summed E-state index contributed by atoms with van der Waals surface area (Å²) in [4.78, 5) is 10.7. The fourth-order valence-corrected chi connectivity index (χ4v) is 8.65. The van der Waals surface area contributed by atoms with Crippen molar-refractivity contribution in [1.29, 1.82) is 0 Å². The van der Waals surface area contributed by atoms with Crippen LogP contribution in [0, 0.1) is 0 Å². The molecule has 0 atom stereocenters. The third-order valence-corrected chi connectivity index (χ3v) is 11.0. The first-order chi connectivity index (χ1) is 25.8. The summed E-state index contributed by atoms with van der Waals surface area (Å²) in [6, 6.07) is 64.9. The first kappa shape index (κ1) is 28.9. The van der Waals surface area contributed by atoms with E-state index < -0.39 is 5.41 Å². The van der Waals surface area contributed by atoms with Crippen LogP contribution in [0.15, 0.2) is 186 Å². The van der Waals surface area contributed by atoms with Gasteiger partial charge >= 0.3 is 0 Å². The number of furan rings is 1. The van der Waals surface area contributed by atoms with E-state index in [1.807, 2.05) is 18.2 Å². The molecule has 2 heterocycles. The van der Waals surface area contributed by atoms with Crippen LogP contribution in [0.25, 0.3) is 77.4 Å². The quantitative estimate of drug-likeness (QED) is 0.176. The van der Waals surface area contributed by atoms with Gasteiger partial charge in [-0.15, -0.1) is 0 Å². The molecule has 0 saturated heterocycles. The number of nitrogens with zero attached hydrogens (tertiary/aromatic N) is 2. The second-order valence-corrected chi connectivity index (χ2v) is 13.7. The Bertz CT molecular complexity index is 2970. The van der Waals surface area contributed by atoms with Crippen molar-refractivity contribution in [3.8, 4) is 33.6 Å². The van der Waals surface area contributed by atoms with E-state index in [2.05, 4.69) is 164 Å². The maximum absolute atomic E-state index is 6.49. The molecular formula is C49H30N2O. The van der Waals surface area contributed by atoms with Crippen molar-refractivity contribution in [2.75, 3.05) is 0 Å². The van der Waals surface area contributed by atoms with Gasteiger partial charge < -0.3 is 4.42 Å². The van der Waals surface area contributed by atoms with E-state index in [4.69, 9.17) is 14.4 Å². The van der Waals surface area contributed by atoms with Crippen molar-refractivity contribution in [1.82, 2.24) is 9.97 Å². The molecule has 242 valence electrons. The van der Waals surface area contributed by atoms with Crippen molar-refractivity contribution < 1.29 is 4.42 Å². The molecule has 0 aliphatic heterocycles. The summed E-state index contributed by atoms with van der Waals surface area (Å²) in [5.74, 6) is 0. The molecule has 1 aliphatic carbocycles. The minimum Gasteiger partial charge on any atom is -0.456 e. The zero-order valence-corrected chi connectivity index (χ0v) is 28.1. The van der Waals surface area contributed by atoms with Gasteiger partial charge in [-0.25, -0.2) is 9.97 Å². The van der Waals surface area contributed by atoms with Crippen LogP contribution in [0.5, 0.6) is 0 Å². The van der Waals surface area contributed by atoms with Crippen LogP contribution in [0.3, 0.4) is 0 Å². The van der Waals surface area contributed by atoms with Gasteiger partial charge in [-0.05, 0) is 57.0 Å². The Labute approximate surface area is 300 Å². The van der Waals surface area contributed by atoms with Crippen molar-refractivity contribution >= 4 is 43.7 Å². The van der Waals surface area contributed by atoms with E-state index in [1.54, 1.807) is 0 Å². The van der Waals surface area contributed by atoms with E-state index in [1.165, 1.54) is 33.4 Å². The molecule has 0 unspecified atom stereocenters. The van der Waals surface area contributed by atoms with Crippen molar-refractivity contribution in [3.05, 3.63) is 204 Å². The number of rotatable bonds is 4. The van der Waals surface area contributed by atoms with Crippen LogP contribution in [0.1, 0.15) is 22.3 Å². The smallest absolute Gasteiger partial charge is 0.135 e. The molecule has 0 bridgehead atoms. The largest absolute Gasteiger partial charge is 0.456 e. The topological polar surface area (TPSA) is 38.9 Å². The van der Waals surface area contributed by atoms with E-state index in [9.17, 15) is 0 Å². The molecule has 1 aliphatic rings. The van der Waals surface area contributed by atoms with Gasteiger partial charge in [-0.2, -0.15) is 0 Å². The lowest BCUT2D eigenvalue weighted by Crippen LogP contribution is -2.28. The summed E-state index contributed by atoms with van der Waals surface area (Å²) < 4.78 is 6.49. The molecule has 3 nitrogen and oxygen atoms in total. The summed E-state index contributed by atoms with van der Waals surface area (Å²) in [6.07, 6.45) is 0. The lowest BCUT2D eigenvalue weighted by atomic mass is 9.67. The summed E-state index contributed by atoms with van der Waals surface area (Å²) in [5, 5.41) is 4.51. The Hall–Kier alpha value is -6.84. The summed E-state index contributed by atoms with van der Waals surface area (Å²) in [7, 11) is 0. The Balaban J connectivity index is 1.16. The average molecular weight is 663 g/mol. The summed E-state index contributed by atoms with van der Waals surface area (Å²) in [5.41, 5.74) is 14.2. The standard InChI is InChI=1S/C49H30N2O/c1-2-13-32(14-3-1)46-47(51-48-36-15-5-4-12-31(36)24-29-43(48)50-46)33-22-25-34(26-23-33)49(41-19-9-6-16-37(41)38-17-7-10-20-42(38)49)35-27-28-40-39-18-8-11-21-44(39)52-45(40)30-35/h1-30H. The zero-order chi connectivity index (χ0) is 34.2. The third-order valence-electron chi connectivity index (χ3n) is 11.0. The van der Waals surface area contributed by atoms with Gasteiger partial charge in [0.25, 0.3) is 0 Å². The second kappa shape index (κ2) is 11.1. The van der Waals surface area contributed by atoms with Crippen molar-refractivity contribution in [2.24, 2.45) is 0 Å². The van der Waals surface area contributed by atoms with Crippen LogP contribution in [0.4, 0.5) is 0 Å². The maximum atomic E-state index is 6.49. The number of hydrogen-bond donors (Lipinski definition) is 0. The van der Waals surface area contributed by atoms with Crippen LogP contribution < -0.4 is 0 Å². The number of fused-ring (bicyclic) bond motifs is 9. The molecule has 11 rings (SSSR count). The maximum Gasteiger partial charge on any atom is 0.135 e. The van der Waals surface area contributed by atoms with E-state index >= 15 is 0 Å². The van der Waals surface area contributed by atoms with Gasteiger partial charge in [0.15, 0.2) is 0 Å². The Morgan fingerprint density at radius 2 is 1.00 bits per heavy atom. The van der Waals surface area contributed by atoms with Crippen LogP contribution in [-0.4, -0.2) is 9.97 Å². The van der Waals surface area contributed by atoms with Crippen LogP contribution in [-0.2, 0) is 5.41 Å². The molecule has 3 heteroatoms. The van der Waals surface area contributed by atoms with E-state index in [-0.39, 0.29) is 0 Å². The molecule has 0 amide bonds. The summed E-state index contributed by atoms with van der Waals surface area (Å²) >= 11 is 0. The van der Waals surface area contributed by atoms with Gasteiger partial charge in [-0.3, -0.25) is 0 Å². The fraction of sp³-hybridized carbons (Fsp3) is 0.0204. The molecule has 0 spiro atoms. The SMILES string of the molecule is c1ccc(-c2nc3ccc4ccccc4c3nc2-c2ccc(C3(c4ccc5c(c4)oc4ccccc45)c4ccccc4-c4ccccc43)cc2)cc1. The van der Waals surface area contributed by atoms with E-state index in [0.29, 0.717) is 0 Å². The van der Waals surface area contributed by atoms with Gasteiger partial charge in [0, 0.05) is 27.3 Å². The molecule has 0 fully saturated rings. The van der Waals surface area contributed by atoms with Crippen molar-refractivity contribution in [3.63, 3.8) is 0 Å². The minimum absolute atomic E-state index is 0.563. The van der Waals surface area contributed by atoms with Crippen LogP contribution >= 0.6 is 0 Å².